The number of fused-ring (bicyclic) bond motifs is 5. The molecule has 0 unspecified atom stereocenters. The molecule has 0 saturated heterocycles. The molecular formula is C25H22BrN2OS2+. The Morgan fingerprint density at radius 1 is 0.968 bits per heavy atom. The molecule has 0 radical (unpaired) electrons. The summed E-state index contributed by atoms with van der Waals surface area (Å²) in [5, 5.41) is 1.97. The van der Waals surface area contributed by atoms with E-state index in [0.717, 1.165) is 39.7 Å². The molecule has 0 amide bonds. The number of thiophene rings is 1. The first-order valence-electron chi connectivity index (χ1n) is 10.8. The zero-order valence-corrected chi connectivity index (χ0v) is 20.2. The highest BCUT2D eigenvalue weighted by Crippen LogP contribution is 2.40. The molecule has 0 N–H and O–H groups in total. The maximum atomic E-state index is 14.0. The van der Waals surface area contributed by atoms with Gasteiger partial charge in [0.2, 0.25) is 0 Å². The molecule has 0 fully saturated rings. The Kier molecular flexibility index (Phi) is 5.04. The molecule has 6 heteroatoms. The minimum absolute atomic E-state index is 0.138. The Balaban J connectivity index is 1.75. The van der Waals surface area contributed by atoms with Gasteiger partial charge in [-0.15, -0.1) is 0 Å². The van der Waals surface area contributed by atoms with Crippen molar-refractivity contribution in [3.63, 3.8) is 0 Å². The lowest BCUT2D eigenvalue weighted by Crippen LogP contribution is -2.54. The lowest BCUT2D eigenvalue weighted by molar-refractivity contribution is -0.728. The molecule has 0 saturated carbocycles. The number of halogens is 1. The lowest BCUT2D eigenvalue weighted by atomic mass is 9.97. The molecule has 31 heavy (non-hydrogen) atoms. The topological polar surface area (TPSA) is 25.9 Å². The van der Waals surface area contributed by atoms with Crippen LogP contribution in [-0.4, -0.2) is 15.1 Å². The van der Waals surface area contributed by atoms with E-state index >= 15 is 0 Å². The van der Waals surface area contributed by atoms with E-state index in [9.17, 15) is 4.79 Å². The normalized spacial score (nSPS) is 20.4. The van der Waals surface area contributed by atoms with E-state index in [1.54, 1.807) is 11.8 Å². The number of para-hydroxylation sites is 1. The summed E-state index contributed by atoms with van der Waals surface area (Å²) in [5.74, 6) is 0.919. The van der Waals surface area contributed by atoms with E-state index in [1.807, 2.05) is 46.2 Å². The van der Waals surface area contributed by atoms with Crippen LogP contribution in [0.25, 0.3) is 15.9 Å². The zero-order valence-electron chi connectivity index (χ0n) is 17.0. The maximum Gasteiger partial charge on any atom is 0.352 e. The smallest absolute Gasteiger partial charge is 0.240 e. The van der Waals surface area contributed by atoms with Crippen molar-refractivity contribution in [3.8, 4) is 5.69 Å². The molecular weight excluding hydrogens is 488 g/mol. The third-order valence-electron chi connectivity index (χ3n) is 6.33. The standard InChI is InChI=1S/C25H22BrN2OS2/c26-19-15-30-25-27(17-11-5-2-6-12-17)23(29)21-18-13-7-8-14-20(18)31-24(21)28(25)22(19)16-9-3-1-4-10-16/h1-6,9-12,19,22H,7-8,13-15H2/q+1/t19-,22+/m1/s1. The summed E-state index contributed by atoms with van der Waals surface area (Å²) in [4.78, 5) is 16.8. The van der Waals surface area contributed by atoms with Gasteiger partial charge in [0.1, 0.15) is 17.1 Å². The van der Waals surface area contributed by atoms with Gasteiger partial charge in [-0.2, -0.15) is 4.57 Å². The van der Waals surface area contributed by atoms with Gasteiger partial charge >= 0.3 is 10.7 Å². The van der Waals surface area contributed by atoms with Crippen LogP contribution in [0.4, 0.5) is 0 Å². The quantitative estimate of drug-likeness (QED) is 0.197. The zero-order chi connectivity index (χ0) is 20.9. The number of nitrogens with zero attached hydrogens (tertiary/aromatic N) is 2. The Labute approximate surface area is 197 Å². The molecule has 2 atom stereocenters. The number of rotatable bonds is 2. The number of thioether (sulfide) groups is 1. The largest absolute Gasteiger partial charge is 0.352 e. The monoisotopic (exact) mass is 509 g/mol. The van der Waals surface area contributed by atoms with Gasteiger partial charge in [-0.3, -0.25) is 0 Å². The summed E-state index contributed by atoms with van der Waals surface area (Å²) in [7, 11) is 0. The summed E-state index contributed by atoms with van der Waals surface area (Å²) in [6, 6.07) is 21.0. The molecule has 2 aromatic heterocycles. The Bertz CT molecular complexity index is 1330. The fourth-order valence-electron chi connectivity index (χ4n) is 4.93. The van der Waals surface area contributed by atoms with Crippen LogP contribution in [0.15, 0.2) is 70.6 Å². The van der Waals surface area contributed by atoms with Crippen LogP contribution in [0.5, 0.6) is 0 Å². The highest BCUT2D eigenvalue weighted by Gasteiger charge is 2.41. The highest BCUT2D eigenvalue weighted by atomic mass is 79.9. The van der Waals surface area contributed by atoms with E-state index in [-0.39, 0.29) is 11.6 Å². The minimum atomic E-state index is 0.138. The number of benzene rings is 2. The van der Waals surface area contributed by atoms with E-state index in [1.165, 1.54) is 28.8 Å². The maximum absolute atomic E-state index is 14.0. The van der Waals surface area contributed by atoms with E-state index < -0.39 is 0 Å². The van der Waals surface area contributed by atoms with Gasteiger partial charge in [0.05, 0.1) is 4.83 Å². The summed E-state index contributed by atoms with van der Waals surface area (Å²) in [6.07, 6.45) is 4.50. The Hall–Kier alpha value is -1.89. The van der Waals surface area contributed by atoms with Gasteiger partial charge in [-0.25, -0.2) is 9.36 Å². The van der Waals surface area contributed by atoms with Gasteiger partial charge < -0.3 is 0 Å². The second-order valence-corrected chi connectivity index (χ2v) is 11.4. The molecule has 1 aliphatic heterocycles. The molecule has 4 aromatic rings. The molecule has 6 rings (SSSR count). The van der Waals surface area contributed by atoms with Crippen molar-refractivity contribution in [2.75, 3.05) is 5.75 Å². The molecule has 0 bridgehead atoms. The summed E-state index contributed by atoms with van der Waals surface area (Å²) in [5.41, 5.74) is 3.66. The SMILES string of the molecule is O=c1c2c3c(sc2[n+]2c(n1-c1ccccc1)SC[C@@H](Br)[C@@H]2c1ccccc1)CCCC3. The van der Waals surface area contributed by atoms with E-state index in [0.29, 0.717) is 4.83 Å². The molecule has 3 heterocycles. The Morgan fingerprint density at radius 3 is 2.45 bits per heavy atom. The first-order valence-corrected chi connectivity index (χ1v) is 13.5. The fraction of sp³-hybridized carbons (Fsp3) is 0.280. The van der Waals surface area contributed by atoms with Crippen LogP contribution in [-0.2, 0) is 12.8 Å². The van der Waals surface area contributed by atoms with Crippen molar-refractivity contribution in [1.29, 1.82) is 0 Å². The van der Waals surface area contributed by atoms with Crippen LogP contribution in [0.2, 0.25) is 0 Å². The predicted molar refractivity (Wildman–Crippen MR) is 132 cm³/mol. The van der Waals surface area contributed by atoms with E-state index in [2.05, 4.69) is 50.8 Å². The number of alkyl halides is 1. The van der Waals surface area contributed by atoms with Gasteiger partial charge in [-0.05, 0) is 60.7 Å². The number of hydrogen-bond donors (Lipinski definition) is 0. The second-order valence-electron chi connectivity index (χ2n) is 8.20. The lowest BCUT2D eigenvalue weighted by Gasteiger charge is -2.28. The third-order valence-corrected chi connectivity index (χ3v) is 10.0. The second kappa shape index (κ2) is 7.91. The van der Waals surface area contributed by atoms with E-state index in [4.69, 9.17) is 0 Å². The van der Waals surface area contributed by atoms with Gasteiger partial charge in [-0.1, -0.05) is 75.8 Å². The van der Waals surface area contributed by atoms with Crippen LogP contribution < -0.4 is 10.1 Å². The highest BCUT2D eigenvalue weighted by molar-refractivity contribution is 9.09. The van der Waals surface area contributed by atoms with Crippen molar-refractivity contribution < 1.29 is 4.57 Å². The number of aromatic nitrogens is 2. The Morgan fingerprint density at radius 2 is 1.68 bits per heavy atom. The summed E-state index contributed by atoms with van der Waals surface area (Å²) < 4.78 is 4.42. The van der Waals surface area contributed by atoms with Gasteiger partial charge in [0.25, 0.3) is 0 Å². The number of aryl methyl sites for hydroxylation is 2. The van der Waals surface area contributed by atoms with Crippen LogP contribution in [0, 0.1) is 0 Å². The predicted octanol–water partition coefficient (Wildman–Crippen LogP) is 5.68. The molecule has 2 aliphatic rings. The first-order chi connectivity index (χ1) is 15.2. The molecule has 1 aliphatic carbocycles. The van der Waals surface area contributed by atoms with Crippen molar-refractivity contribution >= 4 is 49.2 Å². The van der Waals surface area contributed by atoms with Crippen molar-refractivity contribution in [3.05, 3.63) is 87.0 Å². The van der Waals surface area contributed by atoms with Crippen LogP contribution >= 0.6 is 39.0 Å². The average molecular weight is 511 g/mol. The number of hydrogen-bond acceptors (Lipinski definition) is 3. The fourth-order valence-corrected chi connectivity index (χ4v) is 8.50. The van der Waals surface area contributed by atoms with Crippen molar-refractivity contribution in [1.82, 2.24) is 4.57 Å². The average Bonchev–Trinajstić information content (AvgIpc) is 3.21. The first kappa shape index (κ1) is 19.8. The summed E-state index contributed by atoms with van der Waals surface area (Å²) in [6.45, 7) is 0. The van der Waals surface area contributed by atoms with Gasteiger partial charge in [0, 0.05) is 10.6 Å². The van der Waals surface area contributed by atoms with Crippen molar-refractivity contribution in [2.45, 2.75) is 41.7 Å². The van der Waals surface area contributed by atoms with Gasteiger partial charge in [0.15, 0.2) is 4.83 Å². The summed E-state index contributed by atoms with van der Waals surface area (Å²) >= 11 is 7.62. The molecule has 2 aromatic carbocycles. The molecule has 3 nitrogen and oxygen atoms in total. The van der Waals surface area contributed by atoms with Crippen LogP contribution in [0.1, 0.15) is 34.9 Å². The van der Waals surface area contributed by atoms with Crippen molar-refractivity contribution in [2.24, 2.45) is 0 Å². The molecule has 0 spiro atoms. The molecule has 156 valence electrons. The third kappa shape index (κ3) is 3.14. The minimum Gasteiger partial charge on any atom is -0.240 e. The van der Waals surface area contributed by atoms with Crippen LogP contribution in [0.3, 0.4) is 0 Å².